The molecule has 1 aromatic heterocycles. The van der Waals surface area contributed by atoms with Gasteiger partial charge in [0, 0.05) is 25.6 Å². The van der Waals surface area contributed by atoms with Gasteiger partial charge in [0.15, 0.2) is 0 Å². The summed E-state index contributed by atoms with van der Waals surface area (Å²) in [7, 11) is 0. The number of rotatable bonds is 3. The Morgan fingerprint density at radius 1 is 1.20 bits per heavy atom. The molecule has 0 aromatic carbocycles. The number of likely N-dealkylation sites (tertiary alicyclic amines) is 2. The monoisotopic (exact) mass is 294 g/mol. The summed E-state index contributed by atoms with van der Waals surface area (Å²) in [6.07, 6.45) is 5.22. The highest BCUT2D eigenvalue weighted by atomic mass is 32.1. The number of carbonyl (C=O) groups is 1. The van der Waals surface area contributed by atoms with Crippen LogP contribution in [0.1, 0.15) is 42.1 Å². The Hall–Kier alpha value is -1.01. The number of hydrogen-bond acceptors (Lipinski definition) is 5. The second-order valence-electron chi connectivity index (χ2n) is 5.77. The largest absolute Gasteiger partial charge is 0.340 e. The molecule has 1 amide bonds. The van der Waals surface area contributed by atoms with E-state index in [4.69, 9.17) is 0 Å². The van der Waals surface area contributed by atoms with Gasteiger partial charge < -0.3 is 4.90 Å². The summed E-state index contributed by atoms with van der Waals surface area (Å²) in [6.45, 7) is 6.05. The van der Waals surface area contributed by atoms with Gasteiger partial charge in [-0.15, -0.1) is 21.5 Å². The summed E-state index contributed by atoms with van der Waals surface area (Å²) in [4.78, 5) is 16.4. The van der Waals surface area contributed by atoms with Crippen molar-refractivity contribution in [2.75, 3.05) is 19.6 Å². The molecule has 0 spiro atoms. The van der Waals surface area contributed by atoms with Gasteiger partial charge in [-0.25, -0.2) is 0 Å². The molecule has 1 aromatic rings. The lowest BCUT2D eigenvalue weighted by Gasteiger charge is -2.26. The molecule has 0 N–H and O–H groups in total. The van der Waals surface area contributed by atoms with Gasteiger partial charge in [0.25, 0.3) is 0 Å². The van der Waals surface area contributed by atoms with Crippen molar-refractivity contribution < 1.29 is 4.79 Å². The first-order chi connectivity index (χ1) is 9.72. The van der Waals surface area contributed by atoms with Crippen molar-refractivity contribution in [3.05, 3.63) is 10.0 Å². The van der Waals surface area contributed by atoms with Gasteiger partial charge in [0.2, 0.25) is 5.91 Å². The summed E-state index contributed by atoms with van der Waals surface area (Å²) in [6, 6.07) is 0.464. The molecule has 110 valence electrons. The highest BCUT2D eigenvalue weighted by Crippen LogP contribution is 2.23. The van der Waals surface area contributed by atoms with E-state index in [1.807, 2.05) is 6.92 Å². The van der Waals surface area contributed by atoms with Crippen LogP contribution in [0.3, 0.4) is 0 Å². The van der Waals surface area contributed by atoms with Crippen LogP contribution in [0.4, 0.5) is 0 Å². The van der Waals surface area contributed by atoms with Crippen LogP contribution < -0.4 is 0 Å². The molecule has 1 unspecified atom stereocenters. The van der Waals surface area contributed by atoms with Gasteiger partial charge in [-0.1, -0.05) is 0 Å². The molecule has 2 aliphatic rings. The highest BCUT2D eigenvalue weighted by Gasteiger charge is 2.29. The SMILES string of the molecule is Cc1nnc(CN2CCCC(N3CCCC3=O)CC2)s1. The molecule has 0 radical (unpaired) electrons. The van der Waals surface area contributed by atoms with Crippen LogP contribution in [0.5, 0.6) is 0 Å². The molecule has 20 heavy (non-hydrogen) atoms. The Labute approximate surface area is 124 Å². The highest BCUT2D eigenvalue weighted by molar-refractivity contribution is 7.11. The number of nitrogens with zero attached hydrogens (tertiary/aromatic N) is 4. The Bertz CT molecular complexity index is 475. The van der Waals surface area contributed by atoms with Crippen LogP contribution in [-0.4, -0.2) is 51.6 Å². The van der Waals surface area contributed by atoms with E-state index in [1.165, 1.54) is 6.42 Å². The molecule has 0 bridgehead atoms. The first kappa shape index (κ1) is 13.9. The minimum Gasteiger partial charge on any atom is -0.340 e. The van der Waals surface area contributed by atoms with Crippen LogP contribution >= 0.6 is 11.3 Å². The van der Waals surface area contributed by atoms with Crippen molar-refractivity contribution in [1.82, 2.24) is 20.0 Å². The van der Waals surface area contributed by atoms with Crippen molar-refractivity contribution in [2.24, 2.45) is 0 Å². The minimum absolute atomic E-state index is 0.364. The average molecular weight is 294 g/mol. The maximum atomic E-state index is 11.9. The fourth-order valence-electron chi connectivity index (χ4n) is 3.26. The average Bonchev–Trinajstić information content (AvgIpc) is 2.95. The van der Waals surface area contributed by atoms with Gasteiger partial charge in [-0.05, 0) is 39.2 Å². The number of amides is 1. The van der Waals surface area contributed by atoms with Crippen molar-refractivity contribution >= 4 is 17.2 Å². The Morgan fingerprint density at radius 3 is 2.80 bits per heavy atom. The van der Waals surface area contributed by atoms with Gasteiger partial charge in [0.05, 0.1) is 6.54 Å². The molecular weight excluding hydrogens is 272 g/mol. The first-order valence-corrected chi connectivity index (χ1v) is 8.35. The zero-order valence-electron chi connectivity index (χ0n) is 12.0. The van der Waals surface area contributed by atoms with E-state index >= 15 is 0 Å². The van der Waals surface area contributed by atoms with Gasteiger partial charge in [-0.3, -0.25) is 9.69 Å². The Kier molecular flexibility index (Phi) is 4.31. The summed E-state index contributed by atoms with van der Waals surface area (Å²) in [5, 5.41) is 10.4. The third-order valence-corrected chi connectivity index (χ3v) is 5.09. The van der Waals surface area contributed by atoms with Gasteiger partial charge in [-0.2, -0.15) is 0 Å². The zero-order valence-corrected chi connectivity index (χ0v) is 12.9. The van der Waals surface area contributed by atoms with E-state index in [-0.39, 0.29) is 0 Å². The molecule has 0 aliphatic carbocycles. The minimum atomic E-state index is 0.364. The fourth-order valence-corrected chi connectivity index (χ4v) is 4.01. The molecule has 2 aliphatic heterocycles. The second kappa shape index (κ2) is 6.18. The molecular formula is C14H22N4OS. The molecule has 3 rings (SSSR count). The summed E-state index contributed by atoms with van der Waals surface area (Å²) < 4.78 is 0. The quantitative estimate of drug-likeness (QED) is 0.853. The lowest BCUT2D eigenvalue weighted by Crippen LogP contribution is -2.36. The predicted octanol–water partition coefficient (Wildman–Crippen LogP) is 1.82. The van der Waals surface area contributed by atoms with Gasteiger partial charge in [0.1, 0.15) is 10.0 Å². The van der Waals surface area contributed by atoms with E-state index in [0.29, 0.717) is 11.9 Å². The first-order valence-electron chi connectivity index (χ1n) is 7.53. The lowest BCUT2D eigenvalue weighted by atomic mass is 10.1. The van der Waals surface area contributed by atoms with Crippen molar-refractivity contribution in [3.63, 3.8) is 0 Å². The van der Waals surface area contributed by atoms with Gasteiger partial charge >= 0.3 is 0 Å². The van der Waals surface area contributed by atoms with E-state index in [0.717, 1.165) is 61.9 Å². The summed E-state index contributed by atoms with van der Waals surface area (Å²) in [5.41, 5.74) is 0. The predicted molar refractivity (Wildman–Crippen MR) is 78.5 cm³/mol. The maximum Gasteiger partial charge on any atom is 0.222 e. The topological polar surface area (TPSA) is 49.3 Å². The Balaban J connectivity index is 1.55. The summed E-state index contributed by atoms with van der Waals surface area (Å²) >= 11 is 1.69. The standard InChI is InChI=1S/C14H22N4OS/c1-11-15-16-13(20-11)10-17-7-2-4-12(6-9-17)18-8-3-5-14(18)19/h12H,2-10H2,1H3. The van der Waals surface area contributed by atoms with Crippen LogP contribution in [0.25, 0.3) is 0 Å². The van der Waals surface area contributed by atoms with E-state index < -0.39 is 0 Å². The van der Waals surface area contributed by atoms with Crippen molar-refractivity contribution in [2.45, 2.75) is 51.6 Å². The second-order valence-corrected chi connectivity index (χ2v) is 7.03. The zero-order chi connectivity index (χ0) is 13.9. The van der Waals surface area contributed by atoms with Crippen molar-refractivity contribution in [1.29, 1.82) is 0 Å². The van der Waals surface area contributed by atoms with Crippen LogP contribution in [-0.2, 0) is 11.3 Å². The molecule has 3 heterocycles. The molecule has 5 nitrogen and oxygen atoms in total. The van der Waals surface area contributed by atoms with Crippen LogP contribution in [0, 0.1) is 6.92 Å². The van der Waals surface area contributed by atoms with Crippen LogP contribution in [0.2, 0.25) is 0 Å². The number of hydrogen-bond donors (Lipinski definition) is 0. The number of aryl methyl sites for hydroxylation is 1. The molecule has 1 atom stereocenters. The van der Waals surface area contributed by atoms with E-state index in [1.54, 1.807) is 11.3 Å². The Morgan fingerprint density at radius 2 is 2.10 bits per heavy atom. The number of aromatic nitrogens is 2. The molecule has 6 heteroatoms. The lowest BCUT2D eigenvalue weighted by molar-refractivity contribution is -0.129. The number of carbonyl (C=O) groups excluding carboxylic acids is 1. The van der Waals surface area contributed by atoms with E-state index in [2.05, 4.69) is 20.0 Å². The third kappa shape index (κ3) is 3.17. The molecule has 2 fully saturated rings. The maximum absolute atomic E-state index is 11.9. The van der Waals surface area contributed by atoms with Crippen molar-refractivity contribution in [3.8, 4) is 0 Å². The third-order valence-electron chi connectivity index (χ3n) is 4.27. The normalized spacial score (nSPS) is 25.1. The summed E-state index contributed by atoms with van der Waals surface area (Å²) in [5.74, 6) is 0.364. The molecule has 0 saturated carbocycles. The molecule has 2 saturated heterocycles. The smallest absolute Gasteiger partial charge is 0.222 e. The van der Waals surface area contributed by atoms with E-state index in [9.17, 15) is 4.79 Å². The van der Waals surface area contributed by atoms with Crippen LogP contribution in [0.15, 0.2) is 0 Å². The fraction of sp³-hybridized carbons (Fsp3) is 0.786.